The molecule has 10 nitrogen and oxygen atoms in total. The second-order valence-electron chi connectivity index (χ2n) is 5.42. The number of tetrazole rings is 1. The Morgan fingerprint density at radius 3 is 2.75 bits per heavy atom. The molecular formula is C16H13ClN6O4S. The summed E-state index contributed by atoms with van der Waals surface area (Å²) in [5, 5.41) is 25.8. The molecule has 3 aromatic rings. The van der Waals surface area contributed by atoms with Gasteiger partial charge in [0.1, 0.15) is 5.75 Å². The van der Waals surface area contributed by atoms with E-state index in [1.165, 1.54) is 36.1 Å². The molecule has 0 spiro atoms. The van der Waals surface area contributed by atoms with Gasteiger partial charge in [-0.05, 0) is 46.5 Å². The number of amides is 1. The third kappa shape index (κ3) is 4.21. The van der Waals surface area contributed by atoms with E-state index in [1.807, 2.05) is 0 Å². The Labute approximate surface area is 168 Å². The molecule has 2 aromatic carbocycles. The number of benzene rings is 2. The van der Waals surface area contributed by atoms with Gasteiger partial charge >= 0.3 is 0 Å². The van der Waals surface area contributed by atoms with Crippen LogP contribution in [0.2, 0.25) is 5.02 Å². The van der Waals surface area contributed by atoms with Crippen LogP contribution >= 0.6 is 23.4 Å². The number of ether oxygens (including phenoxy) is 1. The zero-order valence-corrected chi connectivity index (χ0v) is 16.2. The van der Waals surface area contributed by atoms with Crippen LogP contribution in [0.1, 0.15) is 10.4 Å². The summed E-state index contributed by atoms with van der Waals surface area (Å²) in [4.78, 5) is 23.9. The van der Waals surface area contributed by atoms with E-state index in [4.69, 9.17) is 16.3 Å². The van der Waals surface area contributed by atoms with E-state index in [9.17, 15) is 14.9 Å². The number of nitrogens with zero attached hydrogens (tertiary/aromatic N) is 5. The number of aromatic nitrogens is 4. The van der Waals surface area contributed by atoms with Crippen LogP contribution in [0.15, 0.2) is 46.5 Å². The first-order chi connectivity index (χ1) is 13.4. The molecule has 1 aromatic heterocycles. The number of carbonyl (C=O) groups excluding carboxylic acids is 1. The topological polar surface area (TPSA) is 125 Å². The maximum atomic E-state index is 12.9. The Kier molecular flexibility index (Phi) is 5.76. The normalized spacial score (nSPS) is 10.5. The van der Waals surface area contributed by atoms with Crippen molar-refractivity contribution in [2.24, 2.45) is 7.05 Å². The maximum Gasteiger partial charge on any atom is 0.270 e. The molecule has 0 aliphatic carbocycles. The van der Waals surface area contributed by atoms with E-state index in [0.29, 0.717) is 26.5 Å². The predicted octanol–water partition coefficient (Wildman–Crippen LogP) is 3.18. The summed E-state index contributed by atoms with van der Waals surface area (Å²) in [6.07, 6.45) is 0. The van der Waals surface area contributed by atoms with Crippen LogP contribution in [0.5, 0.6) is 5.75 Å². The fraction of sp³-hybridized carbons (Fsp3) is 0.125. The van der Waals surface area contributed by atoms with Gasteiger partial charge in [-0.15, -0.1) is 5.10 Å². The molecule has 3 rings (SSSR count). The maximum absolute atomic E-state index is 12.9. The van der Waals surface area contributed by atoms with Crippen molar-refractivity contribution in [1.82, 2.24) is 20.2 Å². The smallest absolute Gasteiger partial charge is 0.270 e. The van der Waals surface area contributed by atoms with E-state index < -0.39 is 10.8 Å². The van der Waals surface area contributed by atoms with Crippen LogP contribution in [0.25, 0.3) is 0 Å². The molecule has 0 radical (unpaired) electrons. The van der Waals surface area contributed by atoms with Gasteiger partial charge in [-0.2, -0.15) is 0 Å². The van der Waals surface area contributed by atoms with Crippen molar-refractivity contribution in [2.75, 3.05) is 12.4 Å². The van der Waals surface area contributed by atoms with Gasteiger partial charge in [0.2, 0.25) is 5.16 Å². The fourth-order valence-corrected chi connectivity index (χ4v) is 3.28. The van der Waals surface area contributed by atoms with Gasteiger partial charge in [0.15, 0.2) is 0 Å². The molecule has 0 unspecified atom stereocenters. The highest BCUT2D eigenvalue weighted by molar-refractivity contribution is 7.99. The Bertz CT molecular complexity index is 1060. The summed E-state index contributed by atoms with van der Waals surface area (Å²) in [5.41, 5.74) is 0.204. The van der Waals surface area contributed by atoms with Crippen molar-refractivity contribution in [1.29, 1.82) is 0 Å². The average Bonchev–Trinajstić information content (AvgIpc) is 3.06. The van der Waals surface area contributed by atoms with Gasteiger partial charge in [-0.1, -0.05) is 11.6 Å². The molecule has 12 heteroatoms. The minimum atomic E-state index is -0.574. The third-order valence-corrected chi connectivity index (χ3v) is 4.95. The molecule has 0 atom stereocenters. The number of halogens is 1. The number of carbonyl (C=O) groups is 1. The Balaban J connectivity index is 1.99. The van der Waals surface area contributed by atoms with Crippen molar-refractivity contribution in [3.63, 3.8) is 0 Å². The van der Waals surface area contributed by atoms with Gasteiger partial charge in [0.25, 0.3) is 11.6 Å². The molecular weight excluding hydrogens is 408 g/mol. The Morgan fingerprint density at radius 1 is 1.32 bits per heavy atom. The van der Waals surface area contributed by atoms with Gasteiger partial charge < -0.3 is 10.1 Å². The lowest BCUT2D eigenvalue weighted by Crippen LogP contribution is -2.14. The fourth-order valence-electron chi connectivity index (χ4n) is 2.27. The van der Waals surface area contributed by atoms with Crippen LogP contribution in [0, 0.1) is 10.1 Å². The Hall–Kier alpha value is -3.18. The van der Waals surface area contributed by atoms with Crippen molar-refractivity contribution < 1.29 is 14.5 Å². The largest absolute Gasteiger partial charge is 0.495 e. The highest BCUT2D eigenvalue weighted by atomic mass is 35.5. The molecule has 1 heterocycles. The summed E-state index contributed by atoms with van der Waals surface area (Å²) in [6, 6.07) is 8.72. The standard InChI is InChI=1S/C16H13ClN6O4S/c1-22-16(19-20-21-22)28-14-6-4-10(23(25)26)8-11(14)15(24)18-12-7-9(17)3-5-13(12)27-2/h3-8H,1-2H3,(H,18,24). The SMILES string of the molecule is COc1ccc(Cl)cc1NC(=O)c1cc([N+](=O)[O-])ccc1Sc1nnnn1C. The quantitative estimate of drug-likeness (QED) is 0.476. The molecule has 144 valence electrons. The zero-order valence-electron chi connectivity index (χ0n) is 14.6. The van der Waals surface area contributed by atoms with Crippen LogP contribution < -0.4 is 10.1 Å². The van der Waals surface area contributed by atoms with Gasteiger partial charge in [-0.25, -0.2) is 4.68 Å². The van der Waals surface area contributed by atoms with E-state index >= 15 is 0 Å². The predicted molar refractivity (Wildman–Crippen MR) is 102 cm³/mol. The molecule has 0 aliphatic heterocycles. The lowest BCUT2D eigenvalue weighted by Gasteiger charge is -2.12. The summed E-state index contributed by atoms with van der Waals surface area (Å²) in [7, 11) is 3.10. The number of aryl methyl sites for hydroxylation is 1. The molecule has 1 amide bonds. The Morgan fingerprint density at radius 2 is 2.11 bits per heavy atom. The molecule has 0 saturated heterocycles. The van der Waals surface area contributed by atoms with Gasteiger partial charge in [0, 0.05) is 29.1 Å². The van der Waals surface area contributed by atoms with Gasteiger partial charge in [-0.3, -0.25) is 14.9 Å². The molecule has 28 heavy (non-hydrogen) atoms. The molecule has 0 saturated carbocycles. The number of anilines is 1. The van der Waals surface area contributed by atoms with Crippen LogP contribution in [-0.2, 0) is 7.05 Å². The second kappa shape index (κ2) is 8.23. The number of nitro benzene ring substituents is 1. The molecule has 0 aliphatic rings. The molecule has 0 bridgehead atoms. The average molecular weight is 421 g/mol. The van der Waals surface area contributed by atoms with E-state index in [2.05, 4.69) is 20.8 Å². The number of nitrogens with one attached hydrogen (secondary N) is 1. The number of nitro groups is 1. The number of hydrogen-bond acceptors (Lipinski definition) is 8. The minimum absolute atomic E-state index is 0.0872. The second-order valence-corrected chi connectivity index (χ2v) is 6.87. The van der Waals surface area contributed by atoms with Crippen LogP contribution in [-0.4, -0.2) is 38.1 Å². The summed E-state index contributed by atoms with van der Waals surface area (Å²) in [5.74, 6) is -0.170. The number of rotatable bonds is 6. The first-order valence-corrected chi connectivity index (χ1v) is 8.92. The van der Waals surface area contributed by atoms with Crippen LogP contribution in [0.4, 0.5) is 11.4 Å². The molecule has 0 fully saturated rings. The minimum Gasteiger partial charge on any atom is -0.495 e. The first kappa shape index (κ1) is 19.6. The molecule has 1 N–H and O–H groups in total. The lowest BCUT2D eigenvalue weighted by molar-refractivity contribution is -0.384. The van der Waals surface area contributed by atoms with Crippen molar-refractivity contribution in [3.05, 3.63) is 57.1 Å². The van der Waals surface area contributed by atoms with E-state index in [1.54, 1.807) is 19.2 Å². The van der Waals surface area contributed by atoms with Crippen molar-refractivity contribution in [2.45, 2.75) is 10.1 Å². The number of hydrogen-bond donors (Lipinski definition) is 1. The monoisotopic (exact) mass is 420 g/mol. The first-order valence-electron chi connectivity index (χ1n) is 7.72. The summed E-state index contributed by atoms with van der Waals surface area (Å²) in [6.45, 7) is 0. The van der Waals surface area contributed by atoms with E-state index in [-0.39, 0.29) is 11.3 Å². The number of non-ortho nitro benzene ring substituents is 1. The van der Waals surface area contributed by atoms with Crippen molar-refractivity contribution in [3.8, 4) is 5.75 Å². The highest BCUT2D eigenvalue weighted by Crippen LogP contribution is 2.33. The van der Waals surface area contributed by atoms with Crippen LogP contribution in [0.3, 0.4) is 0 Å². The summed E-state index contributed by atoms with van der Waals surface area (Å²) < 4.78 is 6.64. The zero-order chi connectivity index (χ0) is 20.3. The van der Waals surface area contributed by atoms with Crippen molar-refractivity contribution >= 4 is 40.6 Å². The van der Waals surface area contributed by atoms with Gasteiger partial charge in [0.05, 0.1) is 23.3 Å². The number of methoxy groups -OCH3 is 1. The lowest BCUT2D eigenvalue weighted by atomic mass is 10.1. The highest BCUT2D eigenvalue weighted by Gasteiger charge is 2.20. The third-order valence-electron chi connectivity index (χ3n) is 3.61. The summed E-state index contributed by atoms with van der Waals surface area (Å²) >= 11 is 7.09. The van der Waals surface area contributed by atoms with E-state index in [0.717, 1.165) is 11.8 Å².